The molecule has 0 unspecified atom stereocenters. The van der Waals surface area contributed by atoms with E-state index in [2.05, 4.69) is 0 Å². The van der Waals surface area contributed by atoms with E-state index in [0.717, 1.165) is 0 Å². The molecule has 1 rings (SSSR count). The molecule has 14 heavy (non-hydrogen) atoms. The lowest BCUT2D eigenvalue weighted by Gasteiger charge is -1.99. The van der Waals surface area contributed by atoms with Gasteiger partial charge in [-0.25, -0.2) is 4.79 Å². The van der Waals surface area contributed by atoms with Gasteiger partial charge in [-0.05, 0) is 26.0 Å². The number of carbonyl (C=O) groups is 1. The molecule has 78 valence electrons. The van der Waals surface area contributed by atoms with Gasteiger partial charge in [-0.15, -0.1) is 0 Å². The molecule has 0 saturated heterocycles. The summed E-state index contributed by atoms with van der Waals surface area (Å²) in [6, 6.07) is 8.96. The number of hydrogen-bond acceptors (Lipinski definition) is 3. The molecule has 1 aromatic rings. The second-order valence-corrected chi connectivity index (χ2v) is 2.40. The van der Waals surface area contributed by atoms with Crippen LogP contribution in [0.15, 0.2) is 30.3 Å². The summed E-state index contributed by atoms with van der Waals surface area (Å²) in [5, 5.41) is 7.57. The highest BCUT2D eigenvalue weighted by Gasteiger charge is 2.02. The number of ether oxygens (including phenoxy) is 1. The van der Waals surface area contributed by atoms with Gasteiger partial charge in [-0.1, -0.05) is 18.2 Å². The smallest absolute Gasteiger partial charge is 0.338 e. The number of aliphatic hydroxyl groups is 1. The van der Waals surface area contributed by atoms with Gasteiger partial charge in [0.15, 0.2) is 0 Å². The van der Waals surface area contributed by atoms with Crippen molar-refractivity contribution in [3.63, 3.8) is 0 Å². The summed E-state index contributed by atoms with van der Waals surface area (Å²) in [5.41, 5.74) is 0.606. The first kappa shape index (κ1) is 12.7. The minimum absolute atomic E-state index is 0.250. The van der Waals surface area contributed by atoms with Crippen molar-refractivity contribution in [1.29, 1.82) is 0 Å². The van der Waals surface area contributed by atoms with Gasteiger partial charge in [0.25, 0.3) is 0 Å². The Morgan fingerprint density at radius 2 is 1.79 bits per heavy atom. The predicted molar refractivity (Wildman–Crippen MR) is 55.2 cm³/mol. The zero-order valence-electron chi connectivity index (χ0n) is 8.56. The molecule has 1 N–H and O–H groups in total. The molecule has 0 aliphatic heterocycles. The second-order valence-electron chi connectivity index (χ2n) is 2.40. The molecule has 0 aromatic heterocycles. The molecule has 0 amide bonds. The fourth-order valence-corrected chi connectivity index (χ4v) is 0.789. The predicted octanol–water partition coefficient (Wildman–Crippen LogP) is 1.86. The lowest BCUT2D eigenvalue weighted by Crippen LogP contribution is -2.03. The summed E-state index contributed by atoms with van der Waals surface area (Å²) in [5.74, 6) is -0.256. The Labute approximate surface area is 84.3 Å². The monoisotopic (exact) mass is 196 g/mol. The van der Waals surface area contributed by atoms with Gasteiger partial charge in [0, 0.05) is 6.61 Å². The Morgan fingerprint density at radius 3 is 2.21 bits per heavy atom. The van der Waals surface area contributed by atoms with Crippen LogP contribution in [0.2, 0.25) is 0 Å². The van der Waals surface area contributed by atoms with Crippen LogP contribution in [0.4, 0.5) is 0 Å². The minimum Gasteiger partial charge on any atom is -0.462 e. The van der Waals surface area contributed by atoms with Crippen LogP contribution in [-0.2, 0) is 4.74 Å². The van der Waals surface area contributed by atoms with Crippen LogP contribution < -0.4 is 0 Å². The molecule has 0 bridgehead atoms. The lowest BCUT2D eigenvalue weighted by molar-refractivity contribution is 0.0526. The lowest BCUT2D eigenvalue weighted by atomic mass is 10.2. The van der Waals surface area contributed by atoms with Gasteiger partial charge in [0.05, 0.1) is 12.2 Å². The number of aliphatic hydroxyl groups excluding tert-OH is 1. The number of hydrogen-bond donors (Lipinski definition) is 1. The zero-order valence-corrected chi connectivity index (χ0v) is 8.56. The molecular formula is C11H16O3. The fraction of sp³-hybridized carbons (Fsp3) is 0.364. The summed E-state index contributed by atoms with van der Waals surface area (Å²) in [7, 11) is 0. The van der Waals surface area contributed by atoms with E-state index < -0.39 is 0 Å². The van der Waals surface area contributed by atoms with Gasteiger partial charge in [0.1, 0.15) is 0 Å². The van der Waals surface area contributed by atoms with Crippen molar-refractivity contribution in [1.82, 2.24) is 0 Å². The molecule has 0 aliphatic rings. The van der Waals surface area contributed by atoms with Crippen LogP contribution in [0.1, 0.15) is 24.2 Å². The Bertz CT molecular complexity index is 244. The van der Waals surface area contributed by atoms with Crippen LogP contribution in [0.25, 0.3) is 0 Å². The number of benzene rings is 1. The van der Waals surface area contributed by atoms with E-state index in [1.807, 2.05) is 18.2 Å². The standard InChI is InChI=1S/C9H10O2.C2H6O/c1-2-11-9(10)8-6-4-3-5-7-8;1-2-3/h3-7H,2H2,1H3;3H,2H2,1H3. The molecule has 3 nitrogen and oxygen atoms in total. The number of carbonyl (C=O) groups excluding carboxylic acids is 1. The Kier molecular flexibility index (Phi) is 7.46. The molecule has 0 atom stereocenters. The minimum atomic E-state index is -0.256. The average molecular weight is 196 g/mol. The van der Waals surface area contributed by atoms with Crippen molar-refractivity contribution in [3.8, 4) is 0 Å². The molecule has 0 saturated carbocycles. The number of rotatable bonds is 2. The molecule has 0 spiro atoms. The summed E-state index contributed by atoms with van der Waals surface area (Å²) >= 11 is 0. The maximum atomic E-state index is 11.0. The van der Waals surface area contributed by atoms with Gasteiger partial charge >= 0.3 is 5.97 Å². The first-order valence-electron chi connectivity index (χ1n) is 4.59. The van der Waals surface area contributed by atoms with Gasteiger partial charge in [-0.3, -0.25) is 0 Å². The highest BCUT2D eigenvalue weighted by molar-refractivity contribution is 5.89. The van der Waals surface area contributed by atoms with E-state index >= 15 is 0 Å². The molecule has 0 heterocycles. The first-order valence-corrected chi connectivity index (χ1v) is 4.59. The van der Waals surface area contributed by atoms with Crippen molar-refractivity contribution in [2.24, 2.45) is 0 Å². The molecule has 0 radical (unpaired) electrons. The van der Waals surface area contributed by atoms with Gasteiger partial charge < -0.3 is 9.84 Å². The summed E-state index contributed by atoms with van der Waals surface area (Å²) in [6.45, 7) is 4.15. The number of esters is 1. The highest BCUT2D eigenvalue weighted by Crippen LogP contribution is 1.99. The Hall–Kier alpha value is -1.35. The van der Waals surface area contributed by atoms with Crippen molar-refractivity contribution >= 4 is 5.97 Å². The SMILES string of the molecule is CCO.CCOC(=O)c1ccccc1. The van der Waals surface area contributed by atoms with Crippen LogP contribution in [0.5, 0.6) is 0 Å². The van der Waals surface area contributed by atoms with Gasteiger partial charge in [-0.2, -0.15) is 0 Å². The third kappa shape index (κ3) is 5.32. The summed E-state index contributed by atoms with van der Waals surface area (Å²) < 4.78 is 4.79. The Morgan fingerprint density at radius 1 is 1.29 bits per heavy atom. The third-order valence-electron chi connectivity index (χ3n) is 1.28. The topological polar surface area (TPSA) is 46.5 Å². The van der Waals surface area contributed by atoms with Crippen molar-refractivity contribution in [2.45, 2.75) is 13.8 Å². The van der Waals surface area contributed by atoms with Crippen molar-refractivity contribution in [2.75, 3.05) is 13.2 Å². The molecule has 0 aliphatic carbocycles. The highest BCUT2D eigenvalue weighted by atomic mass is 16.5. The van der Waals surface area contributed by atoms with Crippen LogP contribution in [-0.4, -0.2) is 24.3 Å². The zero-order chi connectivity index (χ0) is 10.8. The van der Waals surface area contributed by atoms with Crippen LogP contribution in [0.3, 0.4) is 0 Å². The molecule has 3 heteroatoms. The fourth-order valence-electron chi connectivity index (χ4n) is 0.789. The van der Waals surface area contributed by atoms with E-state index in [0.29, 0.717) is 12.2 Å². The molecule has 1 aromatic carbocycles. The summed E-state index contributed by atoms with van der Waals surface area (Å²) in [4.78, 5) is 11.0. The van der Waals surface area contributed by atoms with E-state index in [4.69, 9.17) is 9.84 Å². The first-order chi connectivity index (χ1) is 6.76. The molecular weight excluding hydrogens is 180 g/mol. The largest absolute Gasteiger partial charge is 0.462 e. The van der Waals surface area contributed by atoms with Crippen LogP contribution >= 0.6 is 0 Å². The van der Waals surface area contributed by atoms with Crippen LogP contribution in [0, 0.1) is 0 Å². The summed E-state index contributed by atoms with van der Waals surface area (Å²) in [6.07, 6.45) is 0. The van der Waals surface area contributed by atoms with Crippen molar-refractivity contribution < 1.29 is 14.6 Å². The normalized spacial score (nSPS) is 8.50. The van der Waals surface area contributed by atoms with Gasteiger partial charge in [0.2, 0.25) is 0 Å². The quantitative estimate of drug-likeness (QED) is 0.734. The second kappa shape index (κ2) is 8.26. The van der Waals surface area contributed by atoms with Crippen molar-refractivity contribution in [3.05, 3.63) is 35.9 Å². The average Bonchev–Trinajstić information content (AvgIpc) is 2.21. The third-order valence-corrected chi connectivity index (χ3v) is 1.28. The van der Waals surface area contributed by atoms with E-state index in [9.17, 15) is 4.79 Å². The maximum absolute atomic E-state index is 11.0. The molecule has 0 fully saturated rings. The van der Waals surface area contributed by atoms with E-state index in [1.54, 1.807) is 26.0 Å². The van der Waals surface area contributed by atoms with E-state index in [-0.39, 0.29) is 12.6 Å². The van der Waals surface area contributed by atoms with E-state index in [1.165, 1.54) is 0 Å². The maximum Gasteiger partial charge on any atom is 0.338 e. The Balaban J connectivity index is 0.000000500.